The summed E-state index contributed by atoms with van der Waals surface area (Å²) in [5, 5.41) is 0.513. The quantitative estimate of drug-likeness (QED) is 0.614. The minimum atomic E-state index is -0.0894. The van der Waals surface area contributed by atoms with Crippen LogP contribution in [0.5, 0.6) is 0 Å². The summed E-state index contributed by atoms with van der Waals surface area (Å²) in [6.07, 6.45) is 3.37. The zero-order valence-electron chi connectivity index (χ0n) is 12.6. The lowest BCUT2D eigenvalue weighted by atomic mass is 10.1. The zero-order valence-corrected chi connectivity index (χ0v) is 15.0. The number of halogens is 1. The van der Waals surface area contributed by atoms with E-state index < -0.39 is 0 Å². The first-order valence-electron chi connectivity index (χ1n) is 7.16. The first-order valence-corrected chi connectivity index (χ1v) is 8.94. The molecule has 0 saturated carbocycles. The second kappa shape index (κ2) is 7.15. The second-order valence-corrected chi connectivity index (χ2v) is 6.98. The summed E-state index contributed by atoms with van der Waals surface area (Å²) in [5.41, 5.74) is 3.19. The molecule has 1 heterocycles. The van der Waals surface area contributed by atoms with E-state index in [1.54, 1.807) is 17.0 Å². The topological polar surface area (TPSA) is 34.9 Å². The summed E-state index contributed by atoms with van der Waals surface area (Å²) in [7, 11) is 0. The van der Waals surface area contributed by atoms with Gasteiger partial charge in [0.15, 0.2) is 5.03 Å². The third-order valence-corrected chi connectivity index (χ3v) is 5.08. The molecule has 0 aliphatic rings. The van der Waals surface area contributed by atoms with E-state index in [1.165, 1.54) is 22.9 Å². The lowest BCUT2D eigenvalue weighted by Gasteiger charge is -2.08. The Labute approximate surface area is 147 Å². The van der Waals surface area contributed by atoms with Crippen LogP contribution < -0.4 is 5.56 Å². The van der Waals surface area contributed by atoms with Gasteiger partial charge in [0.05, 0.1) is 0 Å². The number of hydrogen-bond donors (Lipinski definition) is 0. The number of aryl methyl sites for hydroxylation is 1. The molecule has 0 saturated heterocycles. The molecule has 0 fully saturated rings. The smallest absolute Gasteiger partial charge is 0.280 e. The van der Waals surface area contributed by atoms with Crippen molar-refractivity contribution in [1.29, 1.82) is 0 Å². The van der Waals surface area contributed by atoms with Gasteiger partial charge < -0.3 is 0 Å². The Morgan fingerprint density at radius 3 is 2.61 bits per heavy atom. The summed E-state index contributed by atoms with van der Waals surface area (Å²) in [4.78, 5) is 16.9. The molecule has 0 spiro atoms. The van der Waals surface area contributed by atoms with Gasteiger partial charge in [-0.05, 0) is 42.3 Å². The van der Waals surface area contributed by atoms with Crippen LogP contribution in [0.25, 0.3) is 5.69 Å². The molecule has 0 bridgehead atoms. The van der Waals surface area contributed by atoms with Gasteiger partial charge in [-0.2, -0.15) is 0 Å². The van der Waals surface area contributed by atoms with Crippen LogP contribution in [0.3, 0.4) is 0 Å². The van der Waals surface area contributed by atoms with Crippen LogP contribution in [0.2, 0.25) is 0 Å². The highest BCUT2D eigenvalue weighted by atomic mass is 79.9. The molecule has 3 rings (SSSR count). The van der Waals surface area contributed by atoms with Gasteiger partial charge in [-0.1, -0.05) is 52.0 Å². The molecule has 116 valence electrons. The Kier molecular flexibility index (Phi) is 4.98. The average Bonchev–Trinajstić information content (AvgIpc) is 2.56. The van der Waals surface area contributed by atoms with Gasteiger partial charge >= 0.3 is 0 Å². The van der Waals surface area contributed by atoms with Crippen molar-refractivity contribution in [2.45, 2.75) is 17.7 Å². The molecular formula is C18H15BrN2OS. The molecule has 0 N–H and O–H groups in total. The molecule has 5 heteroatoms. The van der Waals surface area contributed by atoms with Crippen molar-refractivity contribution >= 4 is 27.7 Å². The highest BCUT2D eigenvalue weighted by Gasteiger charge is 2.08. The molecule has 0 aliphatic heterocycles. The van der Waals surface area contributed by atoms with E-state index in [-0.39, 0.29) is 5.56 Å². The molecule has 2 aromatic carbocycles. The molecule has 0 unspecified atom stereocenters. The van der Waals surface area contributed by atoms with Gasteiger partial charge in [0.25, 0.3) is 5.56 Å². The summed E-state index contributed by atoms with van der Waals surface area (Å²) < 4.78 is 2.61. The maximum Gasteiger partial charge on any atom is 0.287 e. The Bertz CT molecular complexity index is 875. The molecule has 0 aliphatic carbocycles. The first-order chi connectivity index (χ1) is 11.1. The third-order valence-electron chi connectivity index (χ3n) is 3.54. The predicted molar refractivity (Wildman–Crippen MR) is 98.3 cm³/mol. The van der Waals surface area contributed by atoms with E-state index in [0.29, 0.717) is 5.03 Å². The van der Waals surface area contributed by atoms with E-state index in [2.05, 4.69) is 40.0 Å². The molecule has 0 atom stereocenters. The number of thioether (sulfide) groups is 1. The summed E-state index contributed by atoms with van der Waals surface area (Å²) in [6.45, 7) is 2.08. The van der Waals surface area contributed by atoms with Crippen molar-refractivity contribution in [3.63, 3.8) is 0 Å². The third kappa shape index (κ3) is 3.74. The fraction of sp³-hybridized carbons (Fsp3) is 0.111. The summed E-state index contributed by atoms with van der Waals surface area (Å²) >= 11 is 4.88. The summed E-state index contributed by atoms with van der Waals surface area (Å²) in [5.74, 6) is 0.735. The van der Waals surface area contributed by atoms with E-state index in [0.717, 1.165) is 15.9 Å². The molecule has 0 amide bonds. The molecule has 3 nitrogen and oxygen atoms in total. The minimum absolute atomic E-state index is 0.0894. The Balaban J connectivity index is 1.87. The van der Waals surface area contributed by atoms with Gasteiger partial charge in [0, 0.05) is 28.3 Å². The maximum absolute atomic E-state index is 12.6. The van der Waals surface area contributed by atoms with Gasteiger partial charge in [0.2, 0.25) is 0 Å². The van der Waals surface area contributed by atoms with Crippen molar-refractivity contribution in [3.8, 4) is 5.69 Å². The van der Waals surface area contributed by atoms with Crippen LogP contribution in [-0.2, 0) is 5.75 Å². The highest BCUT2D eigenvalue weighted by Crippen LogP contribution is 2.20. The molecular weight excluding hydrogens is 372 g/mol. The summed E-state index contributed by atoms with van der Waals surface area (Å²) in [6, 6.07) is 15.8. The lowest BCUT2D eigenvalue weighted by Crippen LogP contribution is -2.20. The lowest BCUT2D eigenvalue weighted by molar-refractivity contribution is 0.882. The fourth-order valence-electron chi connectivity index (χ4n) is 2.22. The van der Waals surface area contributed by atoms with Gasteiger partial charge in [0.1, 0.15) is 0 Å². The van der Waals surface area contributed by atoms with Crippen LogP contribution in [0.1, 0.15) is 11.1 Å². The number of benzene rings is 2. The number of aromatic nitrogens is 2. The standard InChI is InChI=1S/C18H15BrN2OS/c1-13-4-2-3-5-14(13)12-23-17-18(22)21(11-10-20-17)16-8-6-15(19)7-9-16/h2-11H,12H2,1H3. The Hall–Kier alpha value is -1.85. The predicted octanol–water partition coefficient (Wildman–Crippen LogP) is 4.60. The Morgan fingerprint density at radius 2 is 1.87 bits per heavy atom. The maximum atomic E-state index is 12.6. The minimum Gasteiger partial charge on any atom is -0.280 e. The van der Waals surface area contributed by atoms with E-state index in [1.807, 2.05) is 36.4 Å². The normalized spacial score (nSPS) is 10.7. The highest BCUT2D eigenvalue weighted by molar-refractivity contribution is 9.10. The molecule has 3 aromatic rings. The zero-order chi connectivity index (χ0) is 16.2. The van der Waals surface area contributed by atoms with Crippen LogP contribution in [-0.4, -0.2) is 9.55 Å². The number of rotatable bonds is 4. The van der Waals surface area contributed by atoms with Crippen LogP contribution in [0, 0.1) is 6.92 Å². The molecule has 23 heavy (non-hydrogen) atoms. The SMILES string of the molecule is Cc1ccccc1CSc1nccn(-c2ccc(Br)cc2)c1=O. The second-order valence-electron chi connectivity index (χ2n) is 5.10. The van der Waals surface area contributed by atoms with Crippen LogP contribution >= 0.6 is 27.7 Å². The van der Waals surface area contributed by atoms with Crippen LogP contribution in [0.4, 0.5) is 0 Å². The van der Waals surface area contributed by atoms with E-state index in [9.17, 15) is 4.79 Å². The van der Waals surface area contributed by atoms with Crippen molar-refractivity contribution in [3.05, 3.63) is 86.9 Å². The van der Waals surface area contributed by atoms with Gasteiger partial charge in [-0.25, -0.2) is 4.98 Å². The fourth-order valence-corrected chi connectivity index (χ4v) is 3.45. The van der Waals surface area contributed by atoms with Crippen molar-refractivity contribution < 1.29 is 0 Å². The van der Waals surface area contributed by atoms with Gasteiger partial charge in [-0.15, -0.1) is 0 Å². The van der Waals surface area contributed by atoms with Crippen molar-refractivity contribution in [2.24, 2.45) is 0 Å². The van der Waals surface area contributed by atoms with Gasteiger partial charge in [-0.3, -0.25) is 9.36 Å². The average molecular weight is 387 g/mol. The number of nitrogens with zero attached hydrogens (tertiary/aromatic N) is 2. The molecule has 0 radical (unpaired) electrons. The molecule has 1 aromatic heterocycles. The van der Waals surface area contributed by atoms with E-state index >= 15 is 0 Å². The first kappa shape index (κ1) is 16.0. The van der Waals surface area contributed by atoms with E-state index in [4.69, 9.17) is 0 Å². The monoisotopic (exact) mass is 386 g/mol. The number of hydrogen-bond acceptors (Lipinski definition) is 3. The Morgan fingerprint density at radius 1 is 1.13 bits per heavy atom. The van der Waals surface area contributed by atoms with Crippen molar-refractivity contribution in [2.75, 3.05) is 0 Å². The largest absolute Gasteiger partial charge is 0.287 e. The van der Waals surface area contributed by atoms with Crippen molar-refractivity contribution in [1.82, 2.24) is 9.55 Å². The van der Waals surface area contributed by atoms with Crippen LogP contribution in [0.15, 0.2) is 75.2 Å².